The Kier molecular flexibility index (Phi) is 5.73. The fraction of sp³-hybridized carbons (Fsp3) is 0.200. The van der Waals surface area contributed by atoms with Crippen LogP contribution >= 0.6 is 45.9 Å². The average molecular weight is 432 g/mol. The lowest BCUT2D eigenvalue weighted by molar-refractivity contribution is -0.380. The number of carbonyl (C=O) groups excluding carboxylic acids is 1. The number of hydrogen-bond donors (Lipinski definition) is 0. The standard InChI is InChI=1S/C15H11Cl2N3O4S2/c1-24-7-6-19-13-9(3-2-8(16)12(13)17)26-15(19)18-14(21)10-4-5-11(25-10)20(22)23/h2-5H,6-7H2,1H3. The molecule has 0 atom stereocenters. The highest BCUT2D eigenvalue weighted by Gasteiger charge is 2.17. The highest BCUT2D eigenvalue weighted by Crippen LogP contribution is 2.32. The molecule has 0 aliphatic rings. The van der Waals surface area contributed by atoms with E-state index >= 15 is 0 Å². The summed E-state index contributed by atoms with van der Waals surface area (Å²) in [5.41, 5.74) is 0.671. The Morgan fingerprint density at radius 3 is 2.73 bits per heavy atom. The quantitative estimate of drug-likeness (QED) is 0.443. The molecule has 0 aliphatic heterocycles. The van der Waals surface area contributed by atoms with Crippen LogP contribution in [0.25, 0.3) is 10.2 Å². The number of amides is 1. The molecule has 0 aliphatic carbocycles. The third-order valence-electron chi connectivity index (χ3n) is 3.43. The monoisotopic (exact) mass is 431 g/mol. The van der Waals surface area contributed by atoms with E-state index in [2.05, 4.69) is 4.99 Å². The van der Waals surface area contributed by atoms with Gasteiger partial charge in [-0.25, -0.2) is 0 Å². The van der Waals surface area contributed by atoms with E-state index in [0.717, 1.165) is 16.0 Å². The summed E-state index contributed by atoms with van der Waals surface area (Å²) in [6, 6.07) is 6.16. The first-order chi connectivity index (χ1) is 12.4. The minimum Gasteiger partial charge on any atom is -0.383 e. The number of rotatable bonds is 5. The largest absolute Gasteiger partial charge is 0.383 e. The third kappa shape index (κ3) is 3.67. The Bertz CT molecular complexity index is 1070. The molecule has 0 radical (unpaired) electrons. The molecule has 26 heavy (non-hydrogen) atoms. The van der Waals surface area contributed by atoms with Crippen LogP contribution in [0.3, 0.4) is 0 Å². The SMILES string of the molecule is COCCn1c(=NC(=O)c2ccc([N+](=O)[O-])s2)sc2ccc(Cl)c(Cl)c21. The van der Waals surface area contributed by atoms with Crippen LogP contribution in [0.15, 0.2) is 29.3 Å². The van der Waals surface area contributed by atoms with Crippen molar-refractivity contribution in [2.45, 2.75) is 6.54 Å². The molecule has 0 bridgehead atoms. The number of hydrogen-bond acceptors (Lipinski definition) is 6. The lowest BCUT2D eigenvalue weighted by Gasteiger charge is -2.06. The summed E-state index contributed by atoms with van der Waals surface area (Å²) < 4.78 is 7.70. The van der Waals surface area contributed by atoms with E-state index in [9.17, 15) is 14.9 Å². The zero-order valence-corrected chi connectivity index (χ0v) is 16.4. The molecule has 0 N–H and O–H groups in total. The number of halogens is 2. The van der Waals surface area contributed by atoms with E-state index in [0.29, 0.717) is 33.5 Å². The second-order valence-corrected chi connectivity index (χ2v) is 7.91. The number of fused-ring (bicyclic) bond motifs is 1. The van der Waals surface area contributed by atoms with Crippen molar-refractivity contribution in [3.05, 3.63) is 54.1 Å². The second-order valence-electron chi connectivity index (χ2n) is 5.05. The van der Waals surface area contributed by atoms with Gasteiger partial charge in [-0.1, -0.05) is 45.9 Å². The molecule has 0 spiro atoms. The Balaban J connectivity index is 2.13. The smallest absolute Gasteiger partial charge is 0.324 e. The Morgan fingerprint density at radius 2 is 2.08 bits per heavy atom. The molecule has 7 nitrogen and oxygen atoms in total. The van der Waals surface area contributed by atoms with Crippen molar-refractivity contribution < 1.29 is 14.5 Å². The van der Waals surface area contributed by atoms with Crippen molar-refractivity contribution >= 4 is 67.0 Å². The zero-order valence-electron chi connectivity index (χ0n) is 13.3. The number of thiazole rings is 1. The molecule has 0 saturated carbocycles. The average Bonchev–Trinajstić information content (AvgIpc) is 3.22. The zero-order chi connectivity index (χ0) is 18.8. The Labute approximate surface area is 165 Å². The van der Waals surface area contributed by atoms with E-state index in [1.54, 1.807) is 23.8 Å². The van der Waals surface area contributed by atoms with Gasteiger partial charge in [-0.15, -0.1) is 0 Å². The van der Waals surface area contributed by atoms with Crippen molar-refractivity contribution in [1.82, 2.24) is 4.57 Å². The number of nitrogens with zero attached hydrogens (tertiary/aromatic N) is 3. The summed E-state index contributed by atoms with van der Waals surface area (Å²) in [4.78, 5) is 27.4. The molecule has 2 heterocycles. The van der Waals surface area contributed by atoms with Crippen LogP contribution in [0.4, 0.5) is 5.00 Å². The number of ether oxygens (including phenoxy) is 1. The van der Waals surface area contributed by atoms with Crippen LogP contribution in [0.5, 0.6) is 0 Å². The maximum atomic E-state index is 12.4. The van der Waals surface area contributed by atoms with Crippen LogP contribution in [0.1, 0.15) is 9.67 Å². The molecule has 2 aromatic heterocycles. The number of nitro groups is 1. The van der Waals surface area contributed by atoms with Gasteiger partial charge in [0.25, 0.3) is 5.91 Å². The van der Waals surface area contributed by atoms with Crippen LogP contribution in [0, 0.1) is 10.1 Å². The molecule has 3 aromatic rings. The number of methoxy groups -OCH3 is 1. The molecule has 1 aromatic carbocycles. The molecular weight excluding hydrogens is 421 g/mol. The van der Waals surface area contributed by atoms with Gasteiger partial charge in [0, 0.05) is 19.7 Å². The van der Waals surface area contributed by atoms with Gasteiger partial charge in [-0.3, -0.25) is 14.9 Å². The van der Waals surface area contributed by atoms with Crippen molar-refractivity contribution in [2.24, 2.45) is 4.99 Å². The Morgan fingerprint density at radius 1 is 1.31 bits per heavy atom. The third-order valence-corrected chi connectivity index (χ3v) is 6.30. The first-order valence-corrected chi connectivity index (χ1v) is 9.61. The summed E-state index contributed by atoms with van der Waals surface area (Å²) in [7, 11) is 1.57. The van der Waals surface area contributed by atoms with Gasteiger partial charge in [0.2, 0.25) is 0 Å². The molecule has 136 valence electrons. The summed E-state index contributed by atoms with van der Waals surface area (Å²) in [5, 5.41) is 11.4. The van der Waals surface area contributed by atoms with Gasteiger partial charge in [-0.05, 0) is 18.2 Å². The van der Waals surface area contributed by atoms with Crippen molar-refractivity contribution in [2.75, 3.05) is 13.7 Å². The van der Waals surface area contributed by atoms with Crippen molar-refractivity contribution in [3.63, 3.8) is 0 Å². The number of aromatic nitrogens is 1. The summed E-state index contributed by atoms with van der Waals surface area (Å²) in [6.07, 6.45) is 0. The minimum absolute atomic E-state index is 0.109. The molecular formula is C15H11Cl2N3O4S2. The summed E-state index contributed by atoms with van der Waals surface area (Å²) in [5.74, 6) is -0.553. The predicted molar refractivity (Wildman–Crippen MR) is 103 cm³/mol. The van der Waals surface area contributed by atoms with E-state index in [1.165, 1.54) is 23.5 Å². The van der Waals surface area contributed by atoms with Crippen LogP contribution in [0.2, 0.25) is 10.0 Å². The molecule has 0 fully saturated rings. The molecule has 1 amide bonds. The lowest BCUT2D eigenvalue weighted by Crippen LogP contribution is -2.19. The van der Waals surface area contributed by atoms with Gasteiger partial charge >= 0.3 is 5.00 Å². The minimum atomic E-state index is -0.553. The second kappa shape index (κ2) is 7.85. The van der Waals surface area contributed by atoms with E-state index in [4.69, 9.17) is 27.9 Å². The first kappa shape index (κ1) is 19.0. The predicted octanol–water partition coefficient (Wildman–Crippen LogP) is 4.37. The van der Waals surface area contributed by atoms with Crippen molar-refractivity contribution in [1.29, 1.82) is 0 Å². The van der Waals surface area contributed by atoms with Crippen molar-refractivity contribution in [3.8, 4) is 0 Å². The number of carbonyl (C=O) groups is 1. The Hall–Kier alpha value is -1.78. The molecule has 3 rings (SSSR count). The van der Waals surface area contributed by atoms with E-state index in [-0.39, 0.29) is 9.88 Å². The van der Waals surface area contributed by atoms with Crippen LogP contribution in [-0.4, -0.2) is 29.1 Å². The van der Waals surface area contributed by atoms with Gasteiger partial charge in [-0.2, -0.15) is 4.99 Å². The van der Waals surface area contributed by atoms with Crippen LogP contribution < -0.4 is 4.80 Å². The molecule has 11 heteroatoms. The lowest BCUT2D eigenvalue weighted by atomic mass is 10.3. The fourth-order valence-corrected chi connectivity index (χ4v) is 4.50. The highest BCUT2D eigenvalue weighted by atomic mass is 35.5. The van der Waals surface area contributed by atoms with Gasteiger partial charge in [0.1, 0.15) is 4.88 Å². The number of benzene rings is 1. The molecule has 0 saturated heterocycles. The fourth-order valence-electron chi connectivity index (χ4n) is 2.26. The first-order valence-electron chi connectivity index (χ1n) is 7.22. The van der Waals surface area contributed by atoms with E-state index < -0.39 is 10.8 Å². The van der Waals surface area contributed by atoms with Gasteiger partial charge in [0.15, 0.2) is 4.80 Å². The van der Waals surface area contributed by atoms with E-state index in [1.807, 2.05) is 0 Å². The van der Waals surface area contributed by atoms with Crippen LogP contribution in [-0.2, 0) is 11.3 Å². The highest BCUT2D eigenvalue weighted by molar-refractivity contribution is 7.17. The maximum absolute atomic E-state index is 12.4. The summed E-state index contributed by atoms with van der Waals surface area (Å²) >= 11 is 14.5. The number of thiophene rings is 1. The maximum Gasteiger partial charge on any atom is 0.324 e. The topological polar surface area (TPSA) is 86.7 Å². The van der Waals surface area contributed by atoms with Gasteiger partial charge in [0.05, 0.1) is 31.8 Å². The molecule has 0 unspecified atom stereocenters. The normalized spacial score (nSPS) is 12.0. The van der Waals surface area contributed by atoms with Gasteiger partial charge < -0.3 is 9.30 Å². The summed E-state index contributed by atoms with van der Waals surface area (Å²) in [6.45, 7) is 0.813.